The Hall–Kier alpha value is -5.49. The van der Waals surface area contributed by atoms with Gasteiger partial charge in [0.25, 0.3) is 0 Å². The number of urea groups is 1. The molecule has 12 heteroatoms. The van der Waals surface area contributed by atoms with E-state index in [1.165, 1.54) is 25.8 Å². The highest BCUT2D eigenvalue weighted by Crippen LogP contribution is 2.15. The van der Waals surface area contributed by atoms with Crippen LogP contribution in [0.5, 0.6) is 0 Å². The molecule has 3 aromatic rings. The van der Waals surface area contributed by atoms with Crippen LogP contribution in [0.25, 0.3) is 0 Å². The van der Waals surface area contributed by atoms with E-state index in [-0.39, 0.29) is 31.2 Å². The summed E-state index contributed by atoms with van der Waals surface area (Å²) in [5.41, 5.74) is 9.28. The third kappa shape index (κ3) is 20.3. The van der Waals surface area contributed by atoms with E-state index >= 15 is 0 Å². The van der Waals surface area contributed by atoms with Crippen LogP contribution < -0.4 is 37.6 Å². The largest absolute Gasteiger partial charge is 0.368 e. The molecule has 3 aromatic carbocycles. The molecular formula is C45H67N7O5. The average molecular weight is 786 g/mol. The number of aryl methyl sites for hydroxylation is 1. The number of nitrogens with one attached hydrogen (secondary N) is 6. The van der Waals surface area contributed by atoms with Gasteiger partial charge in [-0.3, -0.25) is 19.2 Å². The normalized spacial score (nSPS) is 12.4. The lowest BCUT2D eigenvalue weighted by molar-refractivity contribution is -0.133. The topological polar surface area (TPSA) is 184 Å². The molecule has 0 saturated heterocycles. The smallest absolute Gasteiger partial charge is 0.323 e. The zero-order valence-electron chi connectivity index (χ0n) is 34.9. The predicted octanol–water partition coefficient (Wildman–Crippen LogP) is 6.80. The summed E-state index contributed by atoms with van der Waals surface area (Å²) < 4.78 is 0. The highest BCUT2D eigenvalue weighted by atomic mass is 16.2. The van der Waals surface area contributed by atoms with Crippen molar-refractivity contribution < 1.29 is 24.0 Å². The molecule has 0 bridgehead atoms. The number of unbranched alkanes of at least 4 members (excludes halogenated alkanes) is 2. The molecule has 0 radical (unpaired) electrons. The van der Waals surface area contributed by atoms with Crippen LogP contribution in [0.2, 0.25) is 0 Å². The van der Waals surface area contributed by atoms with Gasteiger partial charge in [-0.1, -0.05) is 114 Å². The number of primary amides is 1. The van der Waals surface area contributed by atoms with Gasteiger partial charge in [-0.25, -0.2) is 4.79 Å². The molecule has 0 aromatic heterocycles. The highest BCUT2D eigenvalue weighted by molar-refractivity contribution is 6.00. The zero-order chi connectivity index (χ0) is 42.6. The number of rotatable bonds is 21. The Balaban J connectivity index is 0.00000130. The van der Waals surface area contributed by atoms with E-state index in [2.05, 4.69) is 58.9 Å². The number of hydrogen-bond acceptors (Lipinski definition) is 6. The molecule has 4 atom stereocenters. The van der Waals surface area contributed by atoms with Gasteiger partial charge in [0.05, 0.1) is 6.42 Å². The van der Waals surface area contributed by atoms with E-state index < -0.39 is 35.8 Å². The number of anilines is 2. The second kappa shape index (κ2) is 28.9. The van der Waals surface area contributed by atoms with Crippen molar-refractivity contribution in [2.24, 2.45) is 11.7 Å². The fourth-order valence-electron chi connectivity index (χ4n) is 5.78. The summed E-state index contributed by atoms with van der Waals surface area (Å²) in [6, 6.07) is 20.4. The van der Waals surface area contributed by atoms with Crippen LogP contribution in [0, 0.1) is 12.8 Å². The van der Waals surface area contributed by atoms with Crippen molar-refractivity contribution in [1.29, 1.82) is 0 Å². The molecule has 0 saturated carbocycles. The van der Waals surface area contributed by atoms with Gasteiger partial charge in [0, 0.05) is 17.8 Å². The van der Waals surface area contributed by atoms with Gasteiger partial charge in [0.2, 0.25) is 23.6 Å². The van der Waals surface area contributed by atoms with E-state index in [0.29, 0.717) is 29.8 Å². The standard InChI is InChI=1S/C35H44N6O5.C8H19N.C2H4/c1-4-6-15-29(34(45)39-27(5-2)33(44)40-30(32(36)43)21-24-13-8-7-9-14-24)38-31(42)22-25-17-19-26(20-18-25)37-35(46)41-28-16-11-10-12-23(28)3;1-4-5-6-8(2)7-9-3;1-2/h7-14,16-20,27,29-30H,4-6,15,21-22H2,1-3H3,(H2,36,43)(H,38,42)(H,39,45)(H,40,44)(H2,37,41,46);8-9H,4-7H2,1-3H3;1-2H2/t27-,29-,30-;8-;/m01./s1. The Morgan fingerprint density at radius 1 is 0.684 bits per heavy atom. The van der Waals surface area contributed by atoms with Crippen molar-refractivity contribution in [2.75, 3.05) is 24.2 Å². The monoisotopic (exact) mass is 786 g/mol. The molecule has 12 nitrogen and oxygen atoms in total. The molecule has 0 aliphatic heterocycles. The Morgan fingerprint density at radius 3 is 1.84 bits per heavy atom. The molecule has 0 aliphatic rings. The molecule has 57 heavy (non-hydrogen) atoms. The number of para-hydroxylation sites is 1. The average Bonchev–Trinajstić information content (AvgIpc) is 3.20. The summed E-state index contributed by atoms with van der Waals surface area (Å²) in [5.74, 6) is -1.20. The number of nitrogens with two attached hydrogens (primary N) is 1. The van der Waals surface area contributed by atoms with Crippen molar-refractivity contribution in [3.63, 3.8) is 0 Å². The van der Waals surface area contributed by atoms with Gasteiger partial charge in [-0.05, 0) is 80.6 Å². The first-order chi connectivity index (χ1) is 27.4. The molecule has 0 unspecified atom stereocenters. The van der Waals surface area contributed by atoms with E-state index in [4.69, 9.17) is 5.73 Å². The van der Waals surface area contributed by atoms with Crippen molar-refractivity contribution in [3.05, 3.63) is 109 Å². The van der Waals surface area contributed by atoms with Crippen LogP contribution in [0.1, 0.15) is 89.3 Å². The first-order valence-corrected chi connectivity index (χ1v) is 20.0. The minimum absolute atomic E-state index is 0.0169. The summed E-state index contributed by atoms with van der Waals surface area (Å²) in [6.45, 7) is 17.3. The first kappa shape index (κ1) is 49.5. The summed E-state index contributed by atoms with van der Waals surface area (Å²) in [4.78, 5) is 63.8. The van der Waals surface area contributed by atoms with E-state index in [0.717, 1.165) is 23.5 Å². The quantitative estimate of drug-likeness (QED) is 0.0583. The number of carbonyl (C=O) groups is 5. The van der Waals surface area contributed by atoms with Crippen LogP contribution in [0.15, 0.2) is 92.0 Å². The second-order valence-corrected chi connectivity index (χ2v) is 14.0. The summed E-state index contributed by atoms with van der Waals surface area (Å²) in [7, 11) is 2.02. The molecule has 312 valence electrons. The number of carbonyl (C=O) groups excluding carboxylic acids is 5. The van der Waals surface area contributed by atoms with Crippen LogP contribution in [-0.2, 0) is 32.0 Å². The Kier molecular flexibility index (Phi) is 25.1. The maximum atomic E-state index is 13.3. The fourth-order valence-corrected chi connectivity index (χ4v) is 5.78. The highest BCUT2D eigenvalue weighted by Gasteiger charge is 2.28. The third-order valence-corrected chi connectivity index (χ3v) is 9.05. The van der Waals surface area contributed by atoms with Crippen molar-refractivity contribution in [2.45, 2.75) is 111 Å². The van der Waals surface area contributed by atoms with Crippen LogP contribution in [-0.4, -0.2) is 61.4 Å². The molecular weight excluding hydrogens is 719 g/mol. The summed E-state index contributed by atoms with van der Waals surface area (Å²) >= 11 is 0. The maximum absolute atomic E-state index is 13.3. The van der Waals surface area contributed by atoms with Gasteiger partial charge < -0.3 is 37.6 Å². The van der Waals surface area contributed by atoms with Crippen molar-refractivity contribution in [3.8, 4) is 0 Å². The van der Waals surface area contributed by atoms with Crippen molar-refractivity contribution >= 4 is 41.0 Å². The third-order valence-electron chi connectivity index (χ3n) is 9.05. The summed E-state index contributed by atoms with van der Waals surface area (Å²) in [5, 5.41) is 17.0. The van der Waals surface area contributed by atoms with Crippen LogP contribution in [0.4, 0.5) is 16.2 Å². The Labute approximate surface area is 340 Å². The van der Waals surface area contributed by atoms with E-state index in [1.807, 2.05) is 75.5 Å². The Bertz CT molecular complexity index is 1630. The summed E-state index contributed by atoms with van der Waals surface area (Å²) in [6.07, 6.45) is 6.47. The van der Waals surface area contributed by atoms with E-state index in [9.17, 15) is 24.0 Å². The van der Waals surface area contributed by atoms with Gasteiger partial charge in [-0.15, -0.1) is 13.2 Å². The SMILES string of the molecule is C=C.CCCC[C@@H](C)CNC.CCCC[C@H](NC(=O)Cc1ccc(NC(=O)Nc2ccccc2C)cc1)C(=O)N[C@@H](CC)C(=O)N[C@@H](Cc1ccccc1)C(N)=O. The van der Waals surface area contributed by atoms with Gasteiger partial charge in [-0.2, -0.15) is 0 Å². The lowest BCUT2D eigenvalue weighted by Crippen LogP contribution is -2.56. The molecule has 3 rings (SSSR count). The van der Waals surface area contributed by atoms with Crippen LogP contribution in [0.3, 0.4) is 0 Å². The van der Waals surface area contributed by atoms with Gasteiger partial charge in [0.15, 0.2) is 0 Å². The molecule has 0 heterocycles. The number of amides is 6. The zero-order valence-corrected chi connectivity index (χ0v) is 34.9. The van der Waals surface area contributed by atoms with E-state index in [1.54, 1.807) is 31.2 Å². The van der Waals surface area contributed by atoms with Gasteiger partial charge in [0.1, 0.15) is 18.1 Å². The minimum Gasteiger partial charge on any atom is -0.368 e. The molecule has 0 aliphatic carbocycles. The predicted molar refractivity (Wildman–Crippen MR) is 233 cm³/mol. The Morgan fingerprint density at radius 2 is 1.26 bits per heavy atom. The second-order valence-electron chi connectivity index (χ2n) is 14.0. The minimum atomic E-state index is -0.944. The molecule has 6 amide bonds. The van der Waals surface area contributed by atoms with Crippen molar-refractivity contribution in [1.82, 2.24) is 21.3 Å². The first-order valence-electron chi connectivity index (χ1n) is 20.0. The molecule has 0 fully saturated rings. The number of benzene rings is 3. The lowest BCUT2D eigenvalue weighted by Gasteiger charge is -2.24. The van der Waals surface area contributed by atoms with Crippen LogP contribution >= 0.6 is 0 Å². The lowest BCUT2D eigenvalue weighted by atomic mass is 10.0. The fraction of sp³-hybridized carbons (Fsp3) is 0.444. The maximum Gasteiger partial charge on any atom is 0.323 e. The van der Waals surface area contributed by atoms with Gasteiger partial charge >= 0.3 is 6.03 Å². The molecule has 8 N–H and O–H groups in total. The number of hydrogen-bond donors (Lipinski definition) is 7. The molecule has 0 spiro atoms.